The first-order chi connectivity index (χ1) is 15.6. The van der Waals surface area contributed by atoms with Gasteiger partial charge in [-0.15, -0.1) is 0 Å². The van der Waals surface area contributed by atoms with Gasteiger partial charge in [0.05, 0.1) is 5.97 Å². The summed E-state index contributed by atoms with van der Waals surface area (Å²) in [5, 5.41) is 14.4. The molecule has 0 aromatic heterocycles. The van der Waals surface area contributed by atoms with E-state index in [1.807, 2.05) is 30.3 Å². The van der Waals surface area contributed by atoms with Gasteiger partial charge in [0, 0.05) is 16.8 Å². The summed E-state index contributed by atoms with van der Waals surface area (Å²) < 4.78 is 5.77. The maximum Gasteiger partial charge on any atom is 0.256 e. The quantitative estimate of drug-likeness (QED) is 0.474. The molecule has 5 nitrogen and oxygen atoms in total. The molecule has 0 saturated carbocycles. The summed E-state index contributed by atoms with van der Waals surface area (Å²) in [6.07, 6.45) is 0. The Morgan fingerprint density at radius 1 is 0.688 bits per heavy atom. The van der Waals surface area contributed by atoms with Gasteiger partial charge in [-0.3, -0.25) is 4.79 Å². The van der Waals surface area contributed by atoms with Crippen LogP contribution in [-0.2, 0) is 6.61 Å². The van der Waals surface area contributed by atoms with Crippen LogP contribution in [0, 0.1) is 0 Å². The third kappa shape index (κ3) is 4.84. The van der Waals surface area contributed by atoms with Crippen LogP contribution in [-0.4, -0.2) is 11.9 Å². The molecule has 1 amide bonds. The van der Waals surface area contributed by atoms with Crippen LogP contribution < -0.4 is 15.2 Å². The molecule has 0 bridgehead atoms. The normalized spacial score (nSPS) is 10.4. The van der Waals surface area contributed by atoms with Crippen LogP contribution in [0.4, 0.5) is 5.69 Å². The van der Waals surface area contributed by atoms with Crippen molar-refractivity contribution in [2.24, 2.45) is 0 Å². The molecule has 4 rings (SSSR count). The van der Waals surface area contributed by atoms with Gasteiger partial charge < -0.3 is 20.0 Å². The molecule has 0 heterocycles. The number of carboxylic acid groups (broad SMARTS) is 1. The molecule has 0 radical (unpaired) electrons. The molecule has 158 valence electrons. The lowest BCUT2D eigenvalue weighted by molar-refractivity contribution is -0.254. The molecule has 0 aliphatic carbocycles. The summed E-state index contributed by atoms with van der Waals surface area (Å²) in [6, 6.07) is 30.3. The molecular formula is C27H20NO4-. The minimum absolute atomic E-state index is 0.0349. The van der Waals surface area contributed by atoms with Crippen molar-refractivity contribution in [1.29, 1.82) is 0 Å². The van der Waals surface area contributed by atoms with Crippen molar-refractivity contribution in [2.75, 3.05) is 5.32 Å². The Morgan fingerprint density at radius 3 is 1.91 bits per heavy atom. The summed E-state index contributed by atoms with van der Waals surface area (Å²) >= 11 is 0. The molecule has 1 N–H and O–H groups in total. The highest BCUT2D eigenvalue weighted by Gasteiger charge is 2.15. The van der Waals surface area contributed by atoms with Crippen molar-refractivity contribution >= 4 is 17.6 Å². The van der Waals surface area contributed by atoms with Gasteiger partial charge in [-0.05, 0) is 47.0 Å². The Labute approximate surface area is 185 Å². The largest absolute Gasteiger partial charge is 0.545 e. The van der Waals surface area contributed by atoms with Crippen LogP contribution in [0.15, 0.2) is 103 Å². The molecule has 0 unspecified atom stereocenters. The fourth-order valence-electron chi connectivity index (χ4n) is 3.39. The van der Waals surface area contributed by atoms with Gasteiger partial charge in [-0.25, -0.2) is 0 Å². The van der Waals surface area contributed by atoms with Gasteiger partial charge >= 0.3 is 0 Å². The Kier molecular flexibility index (Phi) is 6.28. The first kappa shape index (κ1) is 20.9. The van der Waals surface area contributed by atoms with Gasteiger partial charge in [0.2, 0.25) is 0 Å². The number of ether oxygens (including phenoxy) is 1. The minimum Gasteiger partial charge on any atom is -0.545 e. The Bertz CT molecular complexity index is 1230. The molecule has 0 aliphatic heterocycles. The van der Waals surface area contributed by atoms with Crippen molar-refractivity contribution in [3.63, 3.8) is 0 Å². The standard InChI is InChI=1S/C27H21NO4/c29-26(24-12-6-4-10-22(24)23-11-5-7-13-25(23)27(30)31)28-20-14-16-21(17-15-20)32-18-19-8-2-1-3-9-19/h1-17H,18H2,(H,28,29)(H,30,31)/p-1. The summed E-state index contributed by atoms with van der Waals surface area (Å²) in [7, 11) is 0. The van der Waals surface area contributed by atoms with Crippen LogP contribution in [0.2, 0.25) is 0 Å². The number of carboxylic acids is 1. The van der Waals surface area contributed by atoms with E-state index in [-0.39, 0.29) is 11.5 Å². The molecule has 0 aliphatic rings. The van der Waals surface area contributed by atoms with Crippen LogP contribution >= 0.6 is 0 Å². The maximum atomic E-state index is 13.0. The van der Waals surface area contributed by atoms with Crippen LogP contribution in [0.5, 0.6) is 5.75 Å². The Balaban J connectivity index is 1.50. The number of hydrogen-bond acceptors (Lipinski definition) is 4. The van der Waals surface area contributed by atoms with Gasteiger partial charge in [0.15, 0.2) is 0 Å². The predicted octanol–water partition coefficient (Wildman–Crippen LogP) is 4.55. The van der Waals surface area contributed by atoms with Gasteiger partial charge in [0.1, 0.15) is 12.4 Å². The van der Waals surface area contributed by atoms with Gasteiger partial charge in [0.25, 0.3) is 5.91 Å². The van der Waals surface area contributed by atoms with E-state index < -0.39 is 5.97 Å². The molecular weight excluding hydrogens is 402 g/mol. The summed E-state index contributed by atoms with van der Waals surface area (Å²) in [5.74, 6) is -0.941. The highest BCUT2D eigenvalue weighted by atomic mass is 16.5. The first-order valence-electron chi connectivity index (χ1n) is 10.1. The van der Waals surface area contributed by atoms with Crippen molar-refractivity contribution in [3.05, 3.63) is 120 Å². The van der Waals surface area contributed by atoms with Crippen molar-refractivity contribution in [2.45, 2.75) is 6.61 Å². The topological polar surface area (TPSA) is 78.5 Å². The second kappa shape index (κ2) is 9.62. The zero-order valence-corrected chi connectivity index (χ0v) is 17.2. The zero-order chi connectivity index (χ0) is 22.3. The highest BCUT2D eigenvalue weighted by Crippen LogP contribution is 2.28. The second-order valence-corrected chi connectivity index (χ2v) is 7.13. The second-order valence-electron chi connectivity index (χ2n) is 7.13. The minimum atomic E-state index is -1.29. The molecule has 4 aromatic carbocycles. The van der Waals surface area contributed by atoms with E-state index in [1.165, 1.54) is 6.07 Å². The number of benzene rings is 4. The number of amides is 1. The van der Waals surface area contributed by atoms with Crippen molar-refractivity contribution in [1.82, 2.24) is 0 Å². The highest BCUT2D eigenvalue weighted by molar-refractivity contribution is 6.10. The molecule has 0 atom stereocenters. The molecule has 4 aromatic rings. The van der Waals surface area contributed by atoms with E-state index in [0.29, 0.717) is 34.7 Å². The van der Waals surface area contributed by atoms with Crippen LogP contribution in [0.3, 0.4) is 0 Å². The van der Waals surface area contributed by atoms with E-state index in [2.05, 4.69) is 5.32 Å². The smallest absolute Gasteiger partial charge is 0.256 e. The van der Waals surface area contributed by atoms with E-state index in [9.17, 15) is 14.7 Å². The number of carbonyl (C=O) groups excluding carboxylic acids is 2. The average molecular weight is 422 g/mol. The van der Waals surface area contributed by atoms with Crippen LogP contribution in [0.1, 0.15) is 26.3 Å². The lowest BCUT2D eigenvalue weighted by Gasteiger charge is -2.14. The lowest BCUT2D eigenvalue weighted by atomic mass is 9.95. The number of rotatable bonds is 7. The Morgan fingerprint density at radius 2 is 1.25 bits per heavy atom. The fraction of sp³-hybridized carbons (Fsp3) is 0.0370. The molecule has 0 fully saturated rings. The zero-order valence-electron chi connectivity index (χ0n) is 17.2. The molecule has 5 heteroatoms. The summed E-state index contributed by atoms with van der Waals surface area (Å²) in [6.45, 7) is 0.456. The Hall–Kier alpha value is -4.38. The first-order valence-corrected chi connectivity index (χ1v) is 10.1. The summed E-state index contributed by atoms with van der Waals surface area (Å²) in [4.78, 5) is 24.5. The molecule has 0 spiro atoms. The SMILES string of the molecule is O=C([O-])c1ccccc1-c1ccccc1C(=O)Nc1ccc(OCc2ccccc2)cc1. The van der Waals surface area contributed by atoms with E-state index in [4.69, 9.17) is 4.74 Å². The van der Waals surface area contributed by atoms with Crippen LogP contribution in [0.25, 0.3) is 11.1 Å². The third-order valence-corrected chi connectivity index (χ3v) is 4.97. The fourth-order valence-corrected chi connectivity index (χ4v) is 3.39. The number of nitrogens with one attached hydrogen (secondary N) is 1. The number of aromatic carboxylic acids is 1. The van der Waals surface area contributed by atoms with Gasteiger partial charge in [-0.1, -0.05) is 72.8 Å². The lowest BCUT2D eigenvalue weighted by Crippen LogP contribution is -2.23. The molecule has 32 heavy (non-hydrogen) atoms. The number of anilines is 1. The summed E-state index contributed by atoms with van der Waals surface area (Å²) in [5.41, 5.74) is 3.03. The number of carbonyl (C=O) groups is 2. The average Bonchev–Trinajstić information content (AvgIpc) is 2.84. The predicted molar refractivity (Wildman–Crippen MR) is 121 cm³/mol. The van der Waals surface area contributed by atoms with E-state index in [0.717, 1.165) is 5.56 Å². The maximum absolute atomic E-state index is 13.0. The van der Waals surface area contributed by atoms with E-state index >= 15 is 0 Å². The number of hydrogen-bond donors (Lipinski definition) is 1. The third-order valence-electron chi connectivity index (χ3n) is 4.97. The molecule has 0 saturated heterocycles. The monoisotopic (exact) mass is 422 g/mol. The van der Waals surface area contributed by atoms with E-state index in [1.54, 1.807) is 66.7 Å². The van der Waals surface area contributed by atoms with Crippen molar-refractivity contribution < 1.29 is 19.4 Å². The van der Waals surface area contributed by atoms with Crippen molar-refractivity contribution in [3.8, 4) is 16.9 Å². The van der Waals surface area contributed by atoms with Gasteiger partial charge in [-0.2, -0.15) is 0 Å².